The Morgan fingerprint density at radius 2 is 1.90 bits per heavy atom. The number of urea groups is 1. The Bertz CT molecular complexity index is 518. The number of thiazole rings is 1. The van der Waals surface area contributed by atoms with Crippen LogP contribution < -0.4 is 10.6 Å². The molecule has 0 aromatic carbocycles. The van der Waals surface area contributed by atoms with Gasteiger partial charge in [-0.2, -0.15) is 0 Å². The van der Waals surface area contributed by atoms with Crippen LogP contribution in [0.3, 0.4) is 0 Å². The average molecular weight is 313 g/mol. The van der Waals surface area contributed by atoms with E-state index in [9.17, 15) is 9.59 Å². The van der Waals surface area contributed by atoms with Gasteiger partial charge in [-0.1, -0.05) is 20.8 Å². The maximum absolute atomic E-state index is 11.9. The number of anilines is 1. The summed E-state index contributed by atoms with van der Waals surface area (Å²) >= 11 is 1.37. The lowest BCUT2D eigenvalue weighted by atomic mass is 9.93. The molecule has 118 valence electrons. The van der Waals surface area contributed by atoms with Gasteiger partial charge in [-0.15, -0.1) is 11.3 Å². The fraction of sp³-hybridized carbons (Fsp3) is 0.643. The monoisotopic (exact) mass is 313 g/mol. The van der Waals surface area contributed by atoms with Gasteiger partial charge in [0.1, 0.15) is 0 Å². The van der Waals surface area contributed by atoms with Crippen LogP contribution in [0, 0.1) is 0 Å². The van der Waals surface area contributed by atoms with Crippen LogP contribution in [0.1, 0.15) is 53.2 Å². The summed E-state index contributed by atoms with van der Waals surface area (Å²) in [5.74, 6) is -0.875. The van der Waals surface area contributed by atoms with Crippen molar-refractivity contribution in [3.8, 4) is 0 Å². The lowest BCUT2D eigenvalue weighted by molar-refractivity contribution is -0.137. The molecule has 1 aromatic rings. The third-order valence-corrected chi connectivity index (χ3v) is 3.67. The number of nitrogens with zero attached hydrogens (tertiary/aromatic N) is 1. The zero-order chi connectivity index (χ0) is 16.3. The van der Waals surface area contributed by atoms with Crippen molar-refractivity contribution in [1.29, 1.82) is 0 Å². The van der Waals surface area contributed by atoms with Crippen LogP contribution in [0.5, 0.6) is 0 Å². The van der Waals surface area contributed by atoms with E-state index in [0.29, 0.717) is 11.6 Å². The predicted octanol–water partition coefficient (Wildman–Crippen LogP) is 3.21. The van der Waals surface area contributed by atoms with Gasteiger partial charge in [0.2, 0.25) is 0 Å². The fourth-order valence-corrected chi connectivity index (χ4v) is 2.53. The van der Waals surface area contributed by atoms with Gasteiger partial charge < -0.3 is 10.4 Å². The zero-order valence-corrected chi connectivity index (χ0v) is 13.9. The quantitative estimate of drug-likeness (QED) is 0.778. The SMILES string of the molecule is CC(C)(CCC(=O)O)NC(=O)Nc1nc(C(C)(C)C)cs1. The summed E-state index contributed by atoms with van der Waals surface area (Å²) < 4.78 is 0. The smallest absolute Gasteiger partial charge is 0.321 e. The van der Waals surface area contributed by atoms with E-state index in [1.54, 1.807) is 13.8 Å². The van der Waals surface area contributed by atoms with Crippen molar-refractivity contribution < 1.29 is 14.7 Å². The highest BCUT2D eigenvalue weighted by Gasteiger charge is 2.23. The van der Waals surface area contributed by atoms with E-state index in [0.717, 1.165) is 5.69 Å². The molecule has 2 amide bonds. The Labute approximate surface area is 129 Å². The van der Waals surface area contributed by atoms with E-state index in [1.165, 1.54) is 11.3 Å². The van der Waals surface area contributed by atoms with Crippen molar-refractivity contribution in [2.75, 3.05) is 5.32 Å². The molecule has 1 rings (SSSR count). The van der Waals surface area contributed by atoms with Crippen molar-refractivity contribution in [3.63, 3.8) is 0 Å². The van der Waals surface area contributed by atoms with Crippen LogP contribution in [0.15, 0.2) is 5.38 Å². The highest BCUT2D eigenvalue weighted by Crippen LogP contribution is 2.26. The van der Waals surface area contributed by atoms with Crippen molar-refractivity contribution in [2.45, 2.75) is 58.4 Å². The third kappa shape index (κ3) is 6.12. The average Bonchev–Trinajstić information content (AvgIpc) is 2.73. The molecule has 3 N–H and O–H groups in total. The van der Waals surface area contributed by atoms with Crippen LogP contribution in [-0.2, 0) is 10.2 Å². The van der Waals surface area contributed by atoms with Gasteiger partial charge in [-0.05, 0) is 20.3 Å². The van der Waals surface area contributed by atoms with Crippen LogP contribution in [0.4, 0.5) is 9.93 Å². The van der Waals surface area contributed by atoms with Crippen LogP contribution in [0.2, 0.25) is 0 Å². The Morgan fingerprint density at radius 3 is 2.38 bits per heavy atom. The molecule has 0 aliphatic carbocycles. The minimum absolute atomic E-state index is 0.0126. The number of hydrogen-bond acceptors (Lipinski definition) is 4. The number of nitrogens with one attached hydrogen (secondary N) is 2. The molecule has 1 heterocycles. The Kier molecular flexibility index (Phi) is 5.33. The van der Waals surface area contributed by atoms with Gasteiger partial charge in [-0.25, -0.2) is 9.78 Å². The van der Waals surface area contributed by atoms with Crippen molar-refractivity contribution >= 4 is 28.5 Å². The molecular weight excluding hydrogens is 290 g/mol. The minimum Gasteiger partial charge on any atom is -0.481 e. The first-order valence-electron chi connectivity index (χ1n) is 6.76. The van der Waals surface area contributed by atoms with Gasteiger partial charge in [0.25, 0.3) is 0 Å². The molecule has 0 aliphatic heterocycles. The van der Waals surface area contributed by atoms with Gasteiger partial charge in [0, 0.05) is 22.8 Å². The lowest BCUT2D eigenvalue weighted by Gasteiger charge is -2.25. The van der Waals surface area contributed by atoms with Gasteiger partial charge >= 0.3 is 12.0 Å². The molecule has 7 heteroatoms. The summed E-state index contributed by atoms with van der Waals surface area (Å²) in [6.45, 7) is 9.75. The summed E-state index contributed by atoms with van der Waals surface area (Å²) in [5.41, 5.74) is 0.271. The molecule has 0 spiro atoms. The number of hydrogen-bond donors (Lipinski definition) is 3. The number of aromatic nitrogens is 1. The number of carbonyl (C=O) groups excluding carboxylic acids is 1. The Morgan fingerprint density at radius 1 is 1.29 bits per heavy atom. The standard InChI is InChI=1S/C14H23N3O3S/c1-13(2,3)9-8-21-12(15-9)16-11(20)17-14(4,5)7-6-10(18)19/h8H,6-7H2,1-5H3,(H,18,19)(H2,15,16,17,20). The summed E-state index contributed by atoms with van der Waals surface area (Å²) in [4.78, 5) is 26.9. The maximum atomic E-state index is 11.9. The highest BCUT2D eigenvalue weighted by molar-refractivity contribution is 7.13. The number of amides is 2. The second-order valence-electron chi connectivity index (χ2n) is 6.64. The topological polar surface area (TPSA) is 91.3 Å². The molecule has 1 aromatic heterocycles. The second-order valence-corrected chi connectivity index (χ2v) is 7.50. The number of rotatable bonds is 5. The molecule has 0 unspecified atom stereocenters. The van der Waals surface area contributed by atoms with Crippen LogP contribution >= 0.6 is 11.3 Å². The number of carboxylic acid groups (broad SMARTS) is 1. The largest absolute Gasteiger partial charge is 0.481 e. The molecule has 0 aliphatic rings. The number of carbonyl (C=O) groups is 2. The van der Waals surface area contributed by atoms with Crippen molar-refractivity contribution in [2.24, 2.45) is 0 Å². The van der Waals surface area contributed by atoms with E-state index in [1.807, 2.05) is 5.38 Å². The summed E-state index contributed by atoms with van der Waals surface area (Å²) in [6, 6.07) is -0.375. The maximum Gasteiger partial charge on any atom is 0.321 e. The van der Waals surface area contributed by atoms with Crippen molar-refractivity contribution in [1.82, 2.24) is 10.3 Å². The summed E-state index contributed by atoms with van der Waals surface area (Å²) in [7, 11) is 0. The van der Waals surface area contributed by atoms with Crippen molar-refractivity contribution in [3.05, 3.63) is 11.1 Å². The highest BCUT2D eigenvalue weighted by atomic mass is 32.1. The van der Waals surface area contributed by atoms with E-state index in [-0.39, 0.29) is 17.9 Å². The first kappa shape index (κ1) is 17.4. The van der Waals surface area contributed by atoms with Crippen LogP contribution in [-0.4, -0.2) is 27.6 Å². The molecule has 0 saturated heterocycles. The summed E-state index contributed by atoms with van der Waals surface area (Å²) in [5, 5.41) is 16.6. The molecule has 0 fully saturated rings. The molecule has 21 heavy (non-hydrogen) atoms. The van der Waals surface area contributed by atoms with Gasteiger partial charge in [0.05, 0.1) is 5.69 Å². The molecule has 0 atom stereocenters. The van der Waals surface area contributed by atoms with Crippen LogP contribution in [0.25, 0.3) is 0 Å². The molecule has 0 bridgehead atoms. The summed E-state index contributed by atoms with van der Waals surface area (Å²) in [6.07, 6.45) is 0.375. The molecular formula is C14H23N3O3S. The second kappa shape index (κ2) is 6.43. The first-order valence-corrected chi connectivity index (χ1v) is 7.64. The first-order chi connectivity index (χ1) is 9.49. The van der Waals surface area contributed by atoms with E-state index in [2.05, 4.69) is 36.4 Å². The van der Waals surface area contributed by atoms with Gasteiger partial charge in [-0.3, -0.25) is 10.1 Å². The van der Waals surface area contributed by atoms with E-state index < -0.39 is 11.5 Å². The van der Waals surface area contributed by atoms with E-state index >= 15 is 0 Å². The van der Waals surface area contributed by atoms with E-state index in [4.69, 9.17) is 5.11 Å². The molecule has 0 radical (unpaired) electrons. The molecule has 6 nitrogen and oxygen atoms in total. The zero-order valence-electron chi connectivity index (χ0n) is 13.1. The fourth-order valence-electron chi connectivity index (χ4n) is 1.59. The normalized spacial score (nSPS) is 12.0. The Balaban J connectivity index is 2.57. The third-order valence-electron chi connectivity index (χ3n) is 2.91. The number of carboxylic acids is 1. The Hall–Kier alpha value is -1.63. The molecule has 0 saturated carbocycles. The lowest BCUT2D eigenvalue weighted by Crippen LogP contribution is -2.45. The van der Waals surface area contributed by atoms with Gasteiger partial charge in [0.15, 0.2) is 5.13 Å². The number of aliphatic carboxylic acids is 1. The minimum atomic E-state index is -0.875. The predicted molar refractivity (Wildman–Crippen MR) is 83.9 cm³/mol.